The molecule has 0 saturated carbocycles. The van der Waals surface area contributed by atoms with Crippen molar-refractivity contribution in [1.82, 2.24) is 0 Å². The maximum atomic E-state index is 13.2. The number of nitrogens with zero attached hydrogens (tertiary/aromatic N) is 1. The molecular formula is C12H8FNO4S. The second-order valence-corrected chi connectivity index (χ2v) is 5.64. The first-order chi connectivity index (χ1) is 8.93. The van der Waals surface area contributed by atoms with Crippen LogP contribution in [0.25, 0.3) is 0 Å². The van der Waals surface area contributed by atoms with Gasteiger partial charge in [0, 0.05) is 6.07 Å². The molecule has 0 fully saturated rings. The summed E-state index contributed by atoms with van der Waals surface area (Å²) in [5, 5.41) is 10.6. The van der Waals surface area contributed by atoms with Gasteiger partial charge in [-0.15, -0.1) is 0 Å². The fourth-order valence-corrected chi connectivity index (χ4v) is 2.84. The zero-order chi connectivity index (χ0) is 14.0. The Kier molecular flexibility index (Phi) is 3.30. The number of sulfone groups is 1. The van der Waals surface area contributed by atoms with E-state index in [-0.39, 0.29) is 9.79 Å². The molecule has 0 aliphatic heterocycles. The van der Waals surface area contributed by atoms with Crippen LogP contribution in [0.1, 0.15) is 0 Å². The summed E-state index contributed by atoms with van der Waals surface area (Å²) in [4.78, 5) is 9.33. The molecule has 0 atom stereocenters. The highest BCUT2D eigenvalue weighted by Crippen LogP contribution is 2.26. The first-order valence-electron chi connectivity index (χ1n) is 5.17. The number of nitro benzene ring substituents is 1. The zero-order valence-corrected chi connectivity index (χ0v) is 10.3. The number of hydrogen-bond acceptors (Lipinski definition) is 4. The molecule has 0 radical (unpaired) electrons. The average molecular weight is 281 g/mol. The molecule has 0 aliphatic carbocycles. The van der Waals surface area contributed by atoms with Crippen molar-refractivity contribution in [2.24, 2.45) is 0 Å². The largest absolute Gasteiger partial charge is 0.306 e. The summed E-state index contributed by atoms with van der Waals surface area (Å²) in [6.45, 7) is 0. The monoisotopic (exact) mass is 281 g/mol. The lowest BCUT2D eigenvalue weighted by Crippen LogP contribution is -2.03. The summed E-state index contributed by atoms with van der Waals surface area (Å²) in [6, 6.07) is 9.94. The van der Waals surface area contributed by atoms with Gasteiger partial charge >= 0.3 is 5.69 Å². The summed E-state index contributed by atoms with van der Waals surface area (Å²) in [5.41, 5.74) is -0.864. The zero-order valence-electron chi connectivity index (χ0n) is 9.49. The van der Waals surface area contributed by atoms with Gasteiger partial charge in [-0.25, -0.2) is 8.42 Å². The average Bonchev–Trinajstić information content (AvgIpc) is 2.39. The molecule has 5 nitrogen and oxygen atoms in total. The SMILES string of the molecule is O=[N+]([O-])c1cc(S(=O)(=O)c2ccccc2)ccc1F. The highest BCUT2D eigenvalue weighted by molar-refractivity contribution is 7.91. The third kappa shape index (κ3) is 2.45. The highest BCUT2D eigenvalue weighted by atomic mass is 32.2. The Morgan fingerprint density at radius 2 is 1.63 bits per heavy atom. The number of nitro groups is 1. The maximum Gasteiger partial charge on any atom is 0.306 e. The molecule has 2 aromatic carbocycles. The van der Waals surface area contributed by atoms with Crippen molar-refractivity contribution in [3.8, 4) is 0 Å². The molecule has 2 rings (SSSR count). The van der Waals surface area contributed by atoms with Gasteiger partial charge in [-0.3, -0.25) is 10.1 Å². The van der Waals surface area contributed by atoms with E-state index in [0.29, 0.717) is 0 Å². The smallest absolute Gasteiger partial charge is 0.258 e. The molecule has 7 heteroatoms. The van der Waals surface area contributed by atoms with Crippen molar-refractivity contribution in [2.45, 2.75) is 9.79 Å². The molecule has 19 heavy (non-hydrogen) atoms. The third-order valence-electron chi connectivity index (χ3n) is 2.48. The molecule has 0 bridgehead atoms. The van der Waals surface area contributed by atoms with Crippen molar-refractivity contribution in [1.29, 1.82) is 0 Å². The van der Waals surface area contributed by atoms with E-state index >= 15 is 0 Å². The van der Waals surface area contributed by atoms with Gasteiger partial charge in [0.05, 0.1) is 14.7 Å². The second-order valence-electron chi connectivity index (χ2n) is 3.69. The molecule has 0 amide bonds. The molecule has 0 N–H and O–H groups in total. The Labute approximate surface area is 108 Å². The molecule has 0 saturated heterocycles. The maximum absolute atomic E-state index is 13.2. The number of benzene rings is 2. The van der Waals surface area contributed by atoms with E-state index < -0.39 is 26.3 Å². The van der Waals surface area contributed by atoms with Crippen LogP contribution in [0.2, 0.25) is 0 Å². The van der Waals surface area contributed by atoms with Crippen molar-refractivity contribution >= 4 is 15.5 Å². The van der Waals surface area contributed by atoms with Gasteiger partial charge in [0.1, 0.15) is 0 Å². The van der Waals surface area contributed by atoms with E-state index in [1.165, 1.54) is 24.3 Å². The van der Waals surface area contributed by atoms with Gasteiger partial charge in [0.2, 0.25) is 15.7 Å². The summed E-state index contributed by atoms with van der Waals surface area (Å²) in [6.07, 6.45) is 0. The Morgan fingerprint density at radius 3 is 2.21 bits per heavy atom. The van der Waals surface area contributed by atoms with Gasteiger partial charge in [0.15, 0.2) is 0 Å². The molecule has 0 spiro atoms. The standard InChI is InChI=1S/C12H8FNO4S/c13-11-7-6-10(8-12(11)14(15)16)19(17,18)9-4-2-1-3-5-9/h1-8H. The number of rotatable bonds is 3. The lowest BCUT2D eigenvalue weighted by Gasteiger charge is -2.04. The van der Waals surface area contributed by atoms with E-state index in [0.717, 1.165) is 18.2 Å². The lowest BCUT2D eigenvalue weighted by atomic mass is 10.3. The van der Waals surface area contributed by atoms with E-state index in [2.05, 4.69) is 0 Å². The molecule has 0 aliphatic rings. The van der Waals surface area contributed by atoms with Gasteiger partial charge in [-0.2, -0.15) is 4.39 Å². The minimum absolute atomic E-state index is 0.00379. The number of halogens is 1. The molecule has 0 heterocycles. The second kappa shape index (κ2) is 4.77. The molecular weight excluding hydrogens is 273 g/mol. The normalized spacial score (nSPS) is 11.2. The minimum Gasteiger partial charge on any atom is -0.258 e. The Bertz CT molecular complexity index is 729. The molecule has 0 unspecified atom stereocenters. The molecule has 98 valence electrons. The van der Waals surface area contributed by atoms with Gasteiger partial charge in [-0.1, -0.05) is 18.2 Å². The van der Waals surface area contributed by atoms with E-state index in [1.54, 1.807) is 6.07 Å². The van der Waals surface area contributed by atoms with Crippen LogP contribution in [0, 0.1) is 15.9 Å². The predicted octanol–water partition coefficient (Wildman–Crippen LogP) is 2.57. The minimum atomic E-state index is -3.88. The Balaban J connectivity index is 2.60. The van der Waals surface area contributed by atoms with Gasteiger partial charge in [-0.05, 0) is 24.3 Å². The van der Waals surface area contributed by atoms with Crippen molar-refractivity contribution in [3.63, 3.8) is 0 Å². The van der Waals surface area contributed by atoms with Crippen LogP contribution >= 0.6 is 0 Å². The van der Waals surface area contributed by atoms with E-state index in [4.69, 9.17) is 0 Å². The van der Waals surface area contributed by atoms with Crippen LogP contribution < -0.4 is 0 Å². The summed E-state index contributed by atoms with van der Waals surface area (Å²) in [7, 11) is -3.88. The summed E-state index contributed by atoms with van der Waals surface area (Å²) in [5.74, 6) is -1.07. The van der Waals surface area contributed by atoms with Crippen molar-refractivity contribution in [2.75, 3.05) is 0 Å². The predicted molar refractivity (Wildman–Crippen MR) is 64.9 cm³/mol. The van der Waals surface area contributed by atoms with Crippen LogP contribution in [0.5, 0.6) is 0 Å². The van der Waals surface area contributed by atoms with E-state index in [9.17, 15) is 22.9 Å². The van der Waals surface area contributed by atoms with E-state index in [1.807, 2.05) is 0 Å². The van der Waals surface area contributed by atoms with Gasteiger partial charge < -0.3 is 0 Å². The summed E-state index contributed by atoms with van der Waals surface area (Å²) < 4.78 is 37.5. The quantitative estimate of drug-likeness (QED) is 0.492. The lowest BCUT2D eigenvalue weighted by molar-refractivity contribution is -0.387. The van der Waals surface area contributed by atoms with Crippen molar-refractivity contribution in [3.05, 3.63) is 64.5 Å². The topological polar surface area (TPSA) is 77.3 Å². The van der Waals surface area contributed by atoms with Crippen molar-refractivity contribution < 1.29 is 17.7 Å². The van der Waals surface area contributed by atoms with Gasteiger partial charge in [0.25, 0.3) is 0 Å². The first kappa shape index (κ1) is 13.2. The van der Waals surface area contributed by atoms with Crippen LogP contribution in [-0.4, -0.2) is 13.3 Å². The highest BCUT2D eigenvalue weighted by Gasteiger charge is 2.22. The fraction of sp³-hybridized carbons (Fsp3) is 0. The summed E-state index contributed by atoms with van der Waals surface area (Å²) >= 11 is 0. The van der Waals surface area contributed by atoms with Crippen LogP contribution in [-0.2, 0) is 9.84 Å². The van der Waals surface area contributed by atoms with Crippen LogP contribution in [0.3, 0.4) is 0 Å². The molecule has 2 aromatic rings. The third-order valence-corrected chi connectivity index (χ3v) is 4.25. The number of hydrogen-bond donors (Lipinski definition) is 0. The first-order valence-corrected chi connectivity index (χ1v) is 6.65. The fourth-order valence-electron chi connectivity index (χ4n) is 1.54. The van der Waals surface area contributed by atoms with Crippen LogP contribution in [0.4, 0.5) is 10.1 Å². The Morgan fingerprint density at radius 1 is 1.00 bits per heavy atom. The van der Waals surface area contributed by atoms with Crippen LogP contribution in [0.15, 0.2) is 58.3 Å². The molecule has 0 aromatic heterocycles. The Hall–Kier alpha value is -2.28.